The molecule has 38 heavy (non-hydrogen) atoms. The summed E-state index contributed by atoms with van der Waals surface area (Å²) in [4.78, 5) is 21.3. The van der Waals surface area contributed by atoms with Crippen LogP contribution in [0.3, 0.4) is 0 Å². The number of anilines is 1. The molecule has 2 aliphatic rings. The third-order valence-corrected chi connectivity index (χ3v) is 9.37. The minimum absolute atomic E-state index is 0.0148. The van der Waals surface area contributed by atoms with Crippen LogP contribution in [0.5, 0.6) is 0 Å². The van der Waals surface area contributed by atoms with Gasteiger partial charge in [0.2, 0.25) is 5.91 Å². The quantitative estimate of drug-likeness (QED) is 0.398. The van der Waals surface area contributed by atoms with Gasteiger partial charge in [0.25, 0.3) is 0 Å². The van der Waals surface area contributed by atoms with Crippen LogP contribution in [0.15, 0.2) is 77.2 Å². The molecule has 1 aliphatic carbocycles. The second-order valence-electron chi connectivity index (χ2n) is 9.96. The van der Waals surface area contributed by atoms with Crippen LogP contribution in [0, 0.1) is 17.2 Å². The van der Waals surface area contributed by atoms with Crippen molar-refractivity contribution in [1.29, 1.82) is 5.26 Å². The molecule has 2 heterocycles. The van der Waals surface area contributed by atoms with E-state index in [0.717, 1.165) is 40.4 Å². The number of nitriles is 1. The summed E-state index contributed by atoms with van der Waals surface area (Å²) in [6.45, 7) is 5.80. The molecule has 0 spiro atoms. The van der Waals surface area contributed by atoms with Crippen LogP contribution < -0.4 is 5.32 Å². The number of amides is 1. The number of carbonyl (C=O) groups is 1. The van der Waals surface area contributed by atoms with Crippen molar-refractivity contribution in [2.45, 2.75) is 44.3 Å². The summed E-state index contributed by atoms with van der Waals surface area (Å²) in [5.74, 6) is 0.121. The van der Waals surface area contributed by atoms with Gasteiger partial charge in [-0.25, -0.2) is 13.4 Å². The van der Waals surface area contributed by atoms with E-state index in [-0.39, 0.29) is 29.0 Å². The zero-order chi connectivity index (χ0) is 26.9. The normalized spacial score (nSPS) is 16.6. The number of hydrogen-bond donors (Lipinski definition) is 1. The fraction of sp³-hybridized carbons (Fsp3) is 0.276. The largest absolute Gasteiger partial charge is 0.302 e. The van der Waals surface area contributed by atoms with E-state index >= 15 is 0 Å². The summed E-state index contributed by atoms with van der Waals surface area (Å²) < 4.78 is 25.1. The van der Waals surface area contributed by atoms with Crippen LogP contribution in [-0.4, -0.2) is 30.0 Å². The summed E-state index contributed by atoms with van der Waals surface area (Å²) in [6, 6.07) is 16.5. The minimum Gasteiger partial charge on any atom is -0.302 e. The Morgan fingerprint density at radius 1 is 1.21 bits per heavy atom. The van der Waals surface area contributed by atoms with Gasteiger partial charge in [0.05, 0.1) is 40.4 Å². The van der Waals surface area contributed by atoms with Crippen molar-refractivity contribution >= 4 is 32.2 Å². The van der Waals surface area contributed by atoms with Crippen LogP contribution in [0.1, 0.15) is 47.2 Å². The van der Waals surface area contributed by atoms with Crippen molar-refractivity contribution in [2.75, 3.05) is 11.1 Å². The summed E-state index contributed by atoms with van der Waals surface area (Å²) in [7, 11) is -3.40. The number of nitrogens with one attached hydrogen (secondary N) is 1. The molecule has 1 aliphatic heterocycles. The smallest absolute Gasteiger partial charge is 0.230 e. The number of rotatable bonds is 9. The number of sulfone groups is 1. The van der Waals surface area contributed by atoms with E-state index in [0.29, 0.717) is 16.6 Å². The molecule has 1 N–H and O–H groups in total. The highest BCUT2D eigenvalue weighted by atomic mass is 32.2. The molecule has 9 heteroatoms. The SMILES string of the molecule is CC(C)[C@@H]1c2nc(NC(=O)Cc3ccc(S(=O)(=O)CC4=CC=C4)cc3)sc2CN1Cc1cccc(C#N)c1. The fourth-order valence-electron chi connectivity index (χ4n) is 4.88. The average Bonchev–Trinajstić information content (AvgIpc) is 3.38. The molecule has 5 rings (SSSR count). The summed E-state index contributed by atoms with van der Waals surface area (Å²) >= 11 is 1.50. The van der Waals surface area contributed by atoms with Crippen LogP contribution in [0.2, 0.25) is 0 Å². The highest BCUT2D eigenvalue weighted by Crippen LogP contribution is 2.43. The van der Waals surface area contributed by atoms with Crippen LogP contribution in [0.25, 0.3) is 0 Å². The van der Waals surface area contributed by atoms with Gasteiger partial charge in [-0.1, -0.05) is 56.3 Å². The van der Waals surface area contributed by atoms with Crippen molar-refractivity contribution < 1.29 is 13.2 Å². The van der Waals surface area contributed by atoms with Crippen molar-refractivity contribution in [3.8, 4) is 6.07 Å². The Balaban J connectivity index is 1.22. The van der Waals surface area contributed by atoms with Crippen molar-refractivity contribution in [2.24, 2.45) is 5.92 Å². The standard InChI is InChI=1S/C29H28N4O3S2/c1-19(2)28-27-25(17-33(28)16-23-8-4-7-22(13-23)15-30)37-29(32-27)31-26(34)14-20-9-11-24(12-10-20)38(35,36)18-21-5-3-6-21/h3-13,19,28H,14,16-18H2,1-2H3,(H,31,32,34)/t28-/m1/s1. The third-order valence-electron chi connectivity index (χ3n) is 6.69. The number of thiazole rings is 1. The molecule has 1 atom stereocenters. The van der Waals surface area contributed by atoms with Gasteiger partial charge >= 0.3 is 0 Å². The van der Waals surface area contributed by atoms with E-state index in [1.165, 1.54) is 11.3 Å². The molecule has 2 aromatic carbocycles. The van der Waals surface area contributed by atoms with Crippen molar-refractivity contribution in [3.05, 3.63) is 99.6 Å². The Hall–Kier alpha value is -3.58. The summed E-state index contributed by atoms with van der Waals surface area (Å²) in [5, 5.41) is 12.7. The Bertz CT molecular complexity index is 1580. The molecule has 0 saturated heterocycles. The molecule has 194 valence electrons. The van der Waals surface area contributed by atoms with E-state index in [1.54, 1.807) is 36.4 Å². The molecule has 0 saturated carbocycles. The first-order valence-electron chi connectivity index (χ1n) is 12.4. The Kier molecular flexibility index (Phi) is 7.30. The fourth-order valence-corrected chi connectivity index (χ4v) is 7.27. The number of fused-ring (bicyclic) bond motifs is 1. The topological polar surface area (TPSA) is 103 Å². The minimum atomic E-state index is -3.40. The summed E-state index contributed by atoms with van der Waals surface area (Å²) in [5.41, 5.74) is 4.27. The zero-order valence-corrected chi connectivity index (χ0v) is 22.8. The first-order valence-corrected chi connectivity index (χ1v) is 14.9. The maximum absolute atomic E-state index is 12.7. The van der Waals surface area contributed by atoms with Gasteiger partial charge in [-0.05, 0) is 46.9 Å². The average molecular weight is 545 g/mol. The molecule has 0 bridgehead atoms. The lowest BCUT2D eigenvalue weighted by atomic mass is 10.0. The second kappa shape index (κ2) is 10.7. The predicted molar refractivity (Wildman–Crippen MR) is 148 cm³/mol. The van der Waals surface area contributed by atoms with E-state index in [4.69, 9.17) is 4.98 Å². The van der Waals surface area contributed by atoms with Gasteiger partial charge in [-0.15, -0.1) is 11.3 Å². The number of hydrogen-bond acceptors (Lipinski definition) is 7. The second-order valence-corrected chi connectivity index (χ2v) is 13.0. The van der Waals surface area contributed by atoms with E-state index in [9.17, 15) is 18.5 Å². The molecule has 0 unspecified atom stereocenters. The third kappa shape index (κ3) is 5.63. The van der Waals surface area contributed by atoms with E-state index < -0.39 is 9.84 Å². The Labute approximate surface area is 227 Å². The van der Waals surface area contributed by atoms with Crippen molar-refractivity contribution in [3.63, 3.8) is 0 Å². The maximum atomic E-state index is 12.7. The predicted octanol–water partition coefficient (Wildman–Crippen LogP) is 5.18. The summed E-state index contributed by atoms with van der Waals surface area (Å²) in [6.07, 6.45) is 5.54. The van der Waals surface area contributed by atoms with Gasteiger partial charge in [0.1, 0.15) is 0 Å². The lowest BCUT2D eigenvalue weighted by Gasteiger charge is -2.27. The number of allylic oxidation sites excluding steroid dienone is 3. The van der Waals surface area contributed by atoms with Crippen LogP contribution in [-0.2, 0) is 34.1 Å². The molecule has 0 fully saturated rings. The van der Waals surface area contributed by atoms with Crippen LogP contribution in [0.4, 0.5) is 5.13 Å². The molecular formula is C29H28N4O3S2. The zero-order valence-electron chi connectivity index (χ0n) is 21.2. The van der Waals surface area contributed by atoms with Gasteiger partial charge in [-0.2, -0.15) is 5.26 Å². The number of carbonyl (C=O) groups excluding carboxylic acids is 1. The van der Waals surface area contributed by atoms with Crippen molar-refractivity contribution in [1.82, 2.24) is 9.88 Å². The number of benzene rings is 2. The Morgan fingerprint density at radius 3 is 2.63 bits per heavy atom. The molecule has 3 aromatic rings. The maximum Gasteiger partial charge on any atom is 0.230 e. The van der Waals surface area contributed by atoms with E-state index in [1.807, 2.05) is 30.3 Å². The number of aromatic nitrogens is 1. The number of nitrogens with zero attached hydrogens (tertiary/aromatic N) is 3. The van der Waals surface area contributed by atoms with Gasteiger partial charge in [0, 0.05) is 18.0 Å². The van der Waals surface area contributed by atoms with Crippen LogP contribution >= 0.6 is 11.3 Å². The Morgan fingerprint density at radius 2 is 1.97 bits per heavy atom. The lowest BCUT2D eigenvalue weighted by Crippen LogP contribution is -2.26. The van der Waals surface area contributed by atoms with Gasteiger partial charge in [-0.3, -0.25) is 9.69 Å². The first-order chi connectivity index (χ1) is 18.2. The highest BCUT2D eigenvalue weighted by Gasteiger charge is 2.36. The molecular weight excluding hydrogens is 516 g/mol. The van der Waals surface area contributed by atoms with Gasteiger partial charge in [0.15, 0.2) is 15.0 Å². The molecule has 0 radical (unpaired) electrons. The highest BCUT2D eigenvalue weighted by molar-refractivity contribution is 7.91. The molecule has 1 amide bonds. The lowest BCUT2D eigenvalue weighted by molar-refractivity contribution is -0.115. The van der Waals surface area contributed by atoms with Gasteiger partial charge < -0.3 is 5.32 Å². The van der Waals surface area contributed by atoms with E-state index in [2.05, 4.69) is 30.1 Å². The first kappa shape index (κ1) is 26.0. The molecule has 1 aromatic heterocycles. The monoisotopic (exact) mass is 544 g/mol. The molecule has 7 nitrogen and oxygen atoms in total.